The second-order valence-corrected chi connectivity index (χ2v) is 11.7. The van der Waals surface area contributed by atoms with Crippen LogP contribution in [-0.4, -0.2) is 58.3 Å². The molecule has 5 rings (SSSR count). The number of carbonyl (C=O) groups is 2. The van der Waals surface area contributed by atoms with Crippen molar-refractivity contribution in [2.75, 3.05) is 18.6 Å². The van der Waals surface area contributed by atoms with Crippen LogP contribution in [-0.2, 0) is 18.4 Å². The quantitative estimate of drug-likeness (QED) is 0.211. The van der Waals surface area contributed by atoms with Crippen LogP contribution >= 0.6 is 11.6 Å². The number of nitrogens with one attached hydrogen (secondary N) is 3. The van der Waals surface area contributed by atoms with Crippen LogP contribution in [0.5, 0.6) is 5.88 Å². The molecule has 0 radical (unpaired) electrons. The highest BCUT2D eigenvalue weighted by atomic mass is 35.5. The van der Waals surface area contributed by atoms with Gasteiger partial charge >= 0.3 is 6.18 Å². The molecule has 1 aromatic carbocycles. The molecule has 45 heavy (non-hydrogen) atoms. The van der Waals surface area contributed by atoms with Gasteiger partial charge in [0.05, 0.1) is 10.7 Å². The van der Waals surface area contributed by atoms with E-state index in [2.05, 4.69) is 25.9 Å². The number of anilines is 2. The predicted octanol–water partition coefficient (Wildman–Crippen LogP) is 6.23. The molecule has 2 amide bonds. The fourth-order valence-corrected chi connectivity index (χ4v) is 5.57. The van der Waals surface area contributed by atoms with Gasteiger partial charge in [-0.25, -0.2) is 18.2 Å². The third kappa shape index (κ3) is 6.92. The van der Waals surface area contributed by atoms with Gasteiger partial charge in [-0.3, -0.25) is 14.2 Å². The number of nitrogens with zero attached hydrogens (tertiary/aromatic N) is 3. The molecule has 9 nitrogen and oxygen atoms in total. The summed E-state index contributed by atoms with van der Waals surface area (Å²) >= 11 is 6.37. The first-order valence-corrected chi connectivity index (χ1v) is 14.8. The molecule has 0 unspecified atom stereocenters. The summed E-state index contributed by atoms with van der Waals surface area (Å²) in [5.74, 6) is -2.23. The highest BCUT2D eigenvalue weighted by molar-refractivity contribution is 6.33. The van der Waals surface area contributed by atoms with E-state index in [4.69, 9.17) is 16.3 Å². The first-order chi connectivity index (χ1) is 21.3. The molecule has 2 aliphatic rings. The van der Waals surface area contributed by atoms with E-state index in [1.54, 1.807) is 19.2 Å². The average Bonchev–Trinajstić information content (AvgIpc) is 3.77. The van der Waals surface area contributed by atoms with Crippen LogP contribution in [0, 0.1) is 11.3 Å². The van der Waals surface area contributed by atoms with Crippen molar-refractivity contribution in [1.29, 1.82) is 0 Å². The molecular weight excluding hydrogens is 630 g/mol. The Kier molecular flexibility index (Phi) is 9.38. The number of halogens is 7. The van der Waals surface area contributed by atoms with Gasteiger partial charge in [0.15, 0.2) is 5.65 Å². The summed E-state index contributed by atoms with van der Waals surface area (Å²) in [6, 6.07) is 5.75. The number of imidazole rings is 1. The van der Waals surface area contributed by atoms with Crippen LogP contribution in [0.3, 0.4) is 0 Å². The number of benzene rings is 1. The van der Waals surface area contributed by atoms with Crippen molar-refractivity contribution in [3.05, 3.63) is 40.4 Å². The number of aromatic nitrogens is 3. The zero-order valence-corrected chi connectivity index (χ0v) is 24.9. The predicted molar refractivity (Wildman–Crippen MR) is 153 cm³/mol. The van der Waals surface area contributed by atoms with Gasteiger partial charge in [-0.2, -0.15) is 18.2 Å². The molecule has 244 valence electrons. The third-order valence-corrected chi connectivity index (χ3v) is 8.62. The van der Waals surface area contributed by atoms with Gasteiger partial charge < -0.3 is 20.7 Å². The van der Waals surface area contributed by atoms with Crippen molar-refractivity contribution in [3.8, 4) is 5.88 Å². The lowest BCUT2D eigenvalue weighted by molar-refractivity contribution is -0.192. The fraction of sp³-hybridized carbons (Fsp3) is 0.517. The summed E-state index contributed by atoms with van der Waals surface area (Å²) in [4.78, 5) is 34.4. The molecule has 16 heteroatoms. The Morgan fingerprint density at radius 3 is 2.47 bits per heavy atom. The molecule has 2 aromatic heterocycles. The zero-order chi connectivity index (χ0) is 32.5. The highest BCUT2D eigenvalue weighted by Gasteiger charge is 2.68. The smallest absolute Gasteiger partial charge is 0.403 e. The standard InChI is InChI=1S/C29H31ClF6N6O3/c1-42-23-21(13-18(25(41-23)45-11-10-31)24(43)38-17-5-3-16(4-6-17)22(32)33)40-27(42)39-20-12-15(2-7-19(20)30)14-37-26(44)28(8-9-28)29(34,35)36/h2,7,12-13,16-17,22H,3-6,8-11,14H2,1H3,(H,37,44)(H,38,43)(H,39,40). The summed E-state index contributed by atoms with van der Waals surface area (Å²) in [7, 11) is 1.62. The number of hydrogen-bond acceptors (Lipinski definition) is 6. The van der Waals surface area contributed by atoms with Crippen LogP contribution in [0.2, 0.25) is 5.02 Å². The Hall–Kier alpha value is -3.75. The van der Waals surface area contributed by atoms with E-state index < -0.39 is 42.4 Å². The number of aryl methyl sites for hydroxylation is 1. The average molecular weight is 661 g/mol. The molecule has 3 N–H and O–H groups in total. The molecule has 2 saturated carbocycles. The maximum atomic E-state index is 13.3. The van der Waals surface area contributed by atoms with Gasteiger partial charge in [-0.15, -0.1) is 0 Å². The van der Waals surface area contributed by atoms with Gasteiger partial charge in [0.1, 0.15) is 29.8 Å². The maximum absolute atomic E-state index is 13.3. The Bertz CT molecular complexity index is 1570. The van der Waals surface area contributed by atoms with Crippen molar-refractivity contribution in [2.24, 2.45) is 18.4 Å². The highest BCUT2D eigenvalue weighted by Crippen LogP contribution is 2.57. The lowest BCUT2D eigenvalue weighted by atomic mass is 9.86. The summed E-state index contributed by atoms with van der Waals surface area (Å²) in [5, 5.41) is 8.49. The second-order valence-electron chi connectivity index (χ2n) is 11.3. The van der Waals surface area contributed by atoms with Gasteiger partial charge in [0.2, 0.25) is 24.2 Å². The molecular formula is C29H31ClF6N6O3. The topological polar surface area (TPSA) is 110 Å². The molecule has 2 aliphatic carbocycles. The summed E-state index contributed by atoms with van der Waals surface area (Å²) in [6.07, 6.45) is -6.17. The second kappa shape index (κ2) is 12.9. The minimum absolute atomic E-state index is 0.000328. The maximum Gasteiger partial charge on any atom is 0.403 e. The SMILES string of the molecule is Cn1c(Nc2cc(CNC(=O)C3(C(F)(F)F)CC3)ccc2Cl)nc2cc(C(=O)NC3CCC(C(F)F)CC3)c(OCCF)nc21. The van der Waals surface area contributed by atoms with E-state index in [0.29, 0.717) is 24.1 Å². The number of fused-ring (bicyclic) bond motifs is 1. The van der Waals surface area contributed by atoms with Gasteiger partial charge in [-0.05, 0) is 62.3 Å². The van der Waals surface area contributed by atoms with Crippen LogP contribution in [0.15, 0.2) is 24.3 Å². The molecule has 0 saturated heterocycles. The largest absolute Gasteiger partial charge is 0.474 e. The van der Waals surface area contributed by atoms with Crippen molar-refractivity contribution < 1.29 is 40.7 Å². The number of ether oxygens (including phenoxy) is 1. The Labute approximate surface area is 259 Å². The van der Waals surface area contributed by atoms with Crippen LogP contribution in [0.1, 0.15) is 54.4 Å². The van der Waals surface area contributed by atoms with Gasteiger partial charge in [0, 0.05) is 25.6 Å². The number of alkyl halides is 6. The van der Waals surface area contributed by atoms with E-state index in [1.165, 1.54) is 16.7 Å². The summed E-state index contributed by atoms with van der Waals surface area (Å²) in [5.41, 5.74) is -0.961. The minimum Gasteiger partial charge on any atom is -0.474 e. The first-order valence-electron chi connectivity index (χ1n) is 14.4. The molecule has 0 aliphatic heterocycles. The van der Waals surface area contributed by atoms with Crippen molar-refractivity contribution in [3.63, 3.8) is 0 Å². The van der Waals surface area contributed by atoms with Crippen LogP contribution in [0.4, 0.5) is 38.0 Å². The molecule has 0 bridgehead atoms. The lowest BCUT2D eigenvalue weighted by Gasteiger charge is -2.28. The molecule has 0 atom stereocenters. The normalized spacial score (nSPS) is 19.4. The van der Waals surface area contributed by atoms with Gasteiger partial charge in [0.25, 0.3) is 5.91 Å². The van der Waals surface area contributed by atoms with Crippen LogP contribution < -0.4 is 20.7 Å². The zero-order valence-electron chi connectivity index (χ0n) is 24.1. The third-order valence-electron chi connectivity index (χ3n) is 8.29. The Morgan fingerprint density at radius 1 is 1.13 bits per heavy atom. The van der Waals surface area contributed by atoms with E-state index in [0.717, 1.165) is 0 Å². The minimum atomic E-state index is -4.62. The molecule has 2 fully saturated rings. The van der Waals surface area contributed by atoms with E-state index in [1.807, 2.05) is 0 Å². The van der Waals surface area contributed by atoms with Crippen molar-refractivity contribution in [2.45, 2.75) is 63.7 Å². The number of amides is 2. The Morgan fingerprint density at radius 2 is 1.84 bits per heavy atom. The van der Waals surface area contributed by atoms with E-state index in [9.17, 15) is 35.9 Å². The summed E-state index contributed by atoms with van der Waals surface area (Å²) < 4.78 is 85.9. The number of hydrogen-bond donors (Lipinski definition) is 3. The first kappa shape index (κ1) is 32.6. The van der Waals surface area contributed by atoms with E-state index in [-0.39, 0.29) is 78.5 Å². The van der Waals surface area contributed by atoms with Crippen molar-refractivity contribution in [1.82, 2.24) is 25.2 Å². The molecule has 3 aromatic rings. The number of rotatable bonds is 11. The number of carbonyl (C=O) groups excluding carboxylic acids is 2. The Balaban J connectivity index is 1.34. The van der Waals surface area contributed by atoms with Gasteiger partial charge in [-0.1, -0.05) is 17.7 Å². The number of pyridine rings is 1. The van der Waals surface area contributed by atoms with E-state index >= 15 is 0 Å². The summed E-state index contributed by atoms with van der Waals surface area (Å²) in [6.45, 7) is -1.35. The van der Waals surface area contributed by atoms with Crippen LogP contribution in [0.25, 0.3) is 11.2 Å². The molecule has 0 spiro atoms. The fourth-order valence-electron chi connectivity index (χ4n) is 5.41. The molecule has 2 heterocycles. The lowest BCUT2D eigenvalue weighted by Crippen LogP contribution is -2.40. The van der Waals surface area contributed by atoms with Crippen molar-refractivity contribution >= 4 is 46.2 Å². The monoisotopic (exact) mass is 660 g/mol.